The normalized spacial score (nSPS) is 19.0. The minimum atomic E-state index is -0.697. The van der Waals surface area contributed by atoms with Crippen molar-refractivity contribution in [3.63, 3.8) is 0 Å². The Morgan fingerprint density at radius 3 is 2.78 bits per heavy atom. The van der Waals surface area contributed by atoms with Crippen LogP contribution in [0.25, 0.3) is 0 Å². The first kappa shape index (κ1) is 21.7. The summed E-state index contributed by atoms with van der Waals surface area (Å²) in [6.07, 6.45) is 2.34. The summed E-state index contributed by atoms with van der Waals surface area (Å²) in [4.78, 5) is 40.0. The molecule has 0 radical (unpaired) electrons. The molecule has 1 aromatic carbocycles. The van der Waals surface area contributed by atoms with Crippen molar-refractivity contribution in [3.05, 3.63) is 42.4 Å². The van der Waals surface area contributed by atoms with Crippen molar-refractivity contribution < 1.29 is 28.3 Å². The highest BCUT2D eigenvalue weighted by molar-refractivity contribution is 6.01. The minimum absolute atomic E-state index is 0.0716. The van der Waals surface area contributed by atoms with E-state index >= 15 is 0 Å². The predicted octanol–water partition coefficient (Wildman–Crippen LogP) is 2.21. The van der Waals surface area contributed by atoms with Gasteiger partial charge in [0.25, 0.3) is 0 Å². The molecule has 9 nitrogen and oxygen atoms in total. The number of fused-ring (bicyclic) bond motifs is 1. The molecule has 170 valence electrons. The van der Waals surface area contributed by atoms with Gasteiger partial charge in [0.2, 0.25) is 24.5 Å². The molecule has 0 saturated carbocycles. The van der Waals surface area contributed by atoms with Crippen LogP contribution in [0, 0.1) is 11.8 Å². The van der Waals surface area contributed by atoms with Crippen LogP contribution in [0.1, 0.15) is 32.4 Å². The lowest BCUT2D eigenvalue weighted by molar-refractivity contribution is -0.132. The first-order valence-electron chi connectivity index (χ1n) is 10.8. The molecular weight excluding hydrogens is 414 g/mol. The van der Waals surface area contributed by atoms with Gasteiger partial charge in [-0.3, -0.25) is 14.4 Å². The Balaban J connectivity index is 1.39. The van der Waals surface area contributed by atoms with E-state index in [4.69, 9.17) is 13.9 Å². The zero-order chi connectivity index (χ0) is 22.7. The molecule has 9 heteroatoms. The number of nitrogens with zero attached hydrogens (tertiary/aromatic N) is 1. The van der Waals surface area contributed by atoms with Crippen molar-refractivity contribution >= 4 is 23.4 Å². The van der Waals surface area contributed by atoms with Crippen molar-refractivity contribution in [2.75, 3.05) is 18.2 Å². The summed E-state index contributed by atoms with van der Waals surface area (Å²) in [5.41, 5.74) is 0.657. The van der Waals surface area contributed by atoms with Crippen LogP contribution in [0.5, 0.6) is 11.5 Å². The van der Waals surface area contributed by atoms with Gasteiger partial charge in [-0.1, -0.05) is 20.3 Å². The van der Waals surface area contributed by atoms with Crippen LogP contribution in [-0.2, 0) is 20.9 Å². The summed E-state index contributed by atoms with van der Waals surface area (Å²) < 4.78 is 15.9. The number of hydrogen-bond acceptors (Lipinski definition) is 6. The van der Waals surface area contributed by atoms with Crippen molar-refractivity contribution in [1.29, 1.82) is 0 Å². The number of carbonyl (C=O) groups excluding carboxylic acids is 3. The van der Waals surface area contributed by atoms with Crippen molar-refractivity contribution in [2.45, 2.75) is 39.3 Å². The van der Waals surface area contributed by atoms with Crippen LogP contribution in [-0.4, -0.2) is 37.1 Å². The number of ether oxygens (including phenoxy) is 2. The van der Waals surface area contributed by atoms with E-state index in [1.807, 2.05) is 13.8 Å². The van der Waals surface area contributed by atoms with Gasteiger partial charge in [0.05, 0.1) is 18.7 Å². The van der Waals surface area contributed by atoms with Gasteiger partial charge in [0, 0.05) is 24.7 Å². The van der Waals surface area contributed by atoms with E-state index < -0.39 is 12.0 Å². The minimum Gasteiger partial charge on any atom is -0.467 e. The number of hydrogen-bond donors (Lipinski definition) is 2. The Morgan fingerprint density at radius 2 is 2.03 bits per heavy atom. The van der Waals surface area contributed by atoms with Gasteiger partial charge in [-0.25, -0.2) is 0 Å². The summed E-state index contributed by atoms with van der Waals surface area (Å²) in [6, 6.07) is 8.09. The predicted molar refractivity (Wildman–Crippen MR) is 115 cm³/mol. The molecule has 2 aliphatic rings. The second kappa shape index (κ2) is 9.33. The molecule has 2 aromatic rings. The lowest BCUT2D eigenvalue weighted by atomic mass is 9.97. The number of benzene rings is 1. The Morgan fingerprint density at radius 1 is 1.22 bits per heavy atom. The van der Waals surface area contributed by atoms with E-state index in [9.17, 15) is 14.4 Å². The molecule has 0 spiro atoms. The van der Waals surface area contributed by atoms with Gasteiger partial charge in [-0.05, 0) is 30.2 Å². The summed E-state index contributed by atoms with van der Waals surface area (Å²) >= 11 is 0. The molecule has 3 heterocycles. The molecule has 0 bridgehead atoms. The highest BCUT2D eigenvalue weighted by atomic mass is 16.7. The zero-order valence-corrected chi connectivity index (χ0v) is 18.1. The third-order valence-corrected chi connectivity index (χ3v) is 5.97. The molecule has 0 aliphatic carbocycles. The molecule has 3 atom stereocenters. The highest BCUT2D eigenvalue weighted by Crippen LogP contribution is 2.37. The average Bonchev–Trinajstić information content (AvgIpc) is 3.55. The Labute approximate surface area is 186 Å². The van der Waals surface area contributed by atoms with Crippen LogP contribution in [0.4, 0.5) is 5.69 Å². The van der Waals surface area contributed by atoms with E-state index in [0.717, 1.165) is 0 Å². The van der Waals surface area contributed by atoms with E-state index in [1.165, 1.54) is 0 Å². The molecule has 2 N–H and O–H groups in total. The number of furan rings is 1. The third kappa shape index (κ3) is 4.56. The number of rotatable bonds is 8. The Bertz CT molecular complexity index is 990. The topological polar surface area (TPSA) is 110 Å². The van der Waals surface area contributed by atoms with Gasteiger partial charge >= 0.3 is 0 Å². The molecule has 2 aliphatic heterocycles. The number of nitrogens with one attached hydrogen (secondary N) is 2. The Kier molecular flexibility index (Phi) is 6.34. The molecule has 1 saturated heterocycles. The van der Waals surface area contributed by atoms with E-state index in [0.29, 0.717) is 29.4 Å². The van der Waals surface area contributed by atoms with E-state index in [2.05, 4.69) is 10.6 Å². The van der Waals surface area contributed by atoms with Crippen LogP contribution < -0.4 is 25.0 Å². The maximum Gasteiger partial charge on any atom is 0.243 e. The zero-order valence-electron chi connectivity index (χ0n) is 18.1. The summed E-state index contributed by atoms with van der Waals surface area (Å²) in [5.74, 6) is 0.496. The first-order chi connectivity index (χ1) is 15.5. The molecule has 4 rings (SSSR count). The van der Waals surface area contributed by atoms with Crippen LogP contribution >= 0.6 is 0 Å². The molecule has 1 fully saturated rings. The summed E-state index contributed by atoms with van der Waals surface area (Å²) in [7, 11) is 0. The summed E-state index contributed by atoms with van der Waals surface area (Å²) in [5, 5.41) is 5.68. The fourth-order valence-corrected chi connectivity index (χ4v) is 3.86. The van der Waals surface area contributed by atoms with Gasteiger partial charge in [-0.15, -0.1) is 0 Å². The molecule has 3 amide bonds. The maximum atomic E-state index is 13.0. The van der Waals surface area contributed by atoms with Crippen LogP contribution in [0.15, 0.2) is 41.0 Å². The standard InChI is InChI=1S/C23H27N3O6/c1-3-14(2)21(23(29)24-11-17-5-4-8-30-17)25-22(28)15-9-20(27)26(12-15)16-6-7-18-19(10-16)32-13-31-18/h4-8,10,14-15,21H,3,9,11-13H2,1-2H3,(H,24,29)(H,25,28)/t14-,15+,21+/m1/s1. The van der Waals surface area contributed by atoms with Gasteiger partial charge in [-0.2, -0.15) is 0 Å². The van der Waals surface area contributed by atoms with Crippen molar-refractivity contribution in [1.82, 2.24) is 10.6 Å². The van der Waals surface area contributed by atoms with Gasteiger partial charge in [0.1, 0.15) is 11.8 Å². The number of carbonyl (C=O) groups is 3. The fourth-order valence-electron chi connectivity index (χ4n) is 3.86. The largest absolute Gasteiger partial charge is 0.467 e. The van der Waals surface area contributed by atoms with E-state index in [1.54, 1.807) is 41.5 Å². The average molecular weight is 441 g/mol. The monoisotopic (exact) mass is 441 g/mol. The van der Waals surface area contributed by atoms with Gasteiger partial charge in [0.15, 0.2) is 11.5 Å². The maximum absolute atomic E-state index is 13.0. The lowest BCUT2D eigenvalue weighted by Crippen LogP contribution is -2.51. The van der Waals surface area contributed by atoms with Crippen LogP contribution in [0.3, 0.4) is 0 Å². The quantitative estimate of drug-likeness (QED) is 0.650. The molecule has 1 aromatic heterocycles. The van der Waals surface area contributed by atoms with Crippen molar-refractivity contribution in [2.24, 2.45) is 11.8 Å². The molecule has 0 unspecified atom stereocenters. The van der Waals surface area contributed by atoms with Gasteiger partial charge < -0.3 is 29.4 Å². The van der Waals surface area contributed by atoms with Crippen LogP contribution in [0.2, 0.25) is 0 Å². The molecule has 32 heavy (non-hydrogen) atoms. The fraction of sp³-hybridized carbons (Fsp3) is 0.435. The molecular formula is C23H27N3O6. The second-order valence-electron chi connectivity index (χ2n) is 8.11. The first-order valence-corrected chi connectivity index (χ1v) is 10.8. The third-order valence-electron chi connectivity index (χ3n) is 5.97. The van der Waals surface area contributed by atoms with Crippen molar-refractivity contribution in [3.8, 4) is 11.5 Å². The summed E-state index contributed by atoms with van der Waals surface area (Å²) in [6.45, 7) is 4.51. The second-order valence-corrected chi connectivity index (χ2v) is 8.11. The smallest absolute Gasteiger partial charge is 0.243 e. The number of amides is 3. The highest BCUT2D eigenvalue weighted by Gasteiger charge is 2.37. The lowest BCUT2D eigenvalue weighted by Gasteiger charge is -2.25. The number of anilines is 1. The van der Waals surface area contributed by atoms with E-state index in [-0.39, 0.29) is 49.9 Å². The Hall–Kier alpha value is -3.49. The SMILES string of the molecule is CC[C@@H](C)[C@H](NC(=O)[C@H]1CC(=O)N(c2ccc3c(c2)OCO3)C1)C(=O)NCc1ccco1.